The largest absolute Gasteiger partial charge is 0.462 e. The van der Waals surface area contributed by atoms with Crippen LogP contribution in [0, 0.1) is 5.92 Å². The second kappa shape index (κ2) is 8.27. The monoisotopic (exact) mass is 330 g/mol. The quantitative estimate of drug-likeness (QED) is 0.580. The van der Waals surface area contributed by atoms with Crippen LogP contribution >= 0.6 is 0 Å². The van der Waals surface area contributed by atoms with E-state index in [4.69, 9.17) is 4.74 Å². The van der Waals surface area contributed by atoms with Crippen LogP contribution in [0.2, 0.25) is 0 Å². The summed E-state index contributed by atoms with van der Waals surface area (Å²) in [5, 5.41) is 0. The zero-order valence-electron chi connectivity index (χ0n) is 10.6. The molecule has 2 saturated carbocycles. The third-order valence-electron chi connectivity index (χ3n) is 4.03. The third kappa shape index (κ3) is 5.53. The Kier molecular flexibility index (Phi) is 7.39. The van der Waals surface area contributed by atoms with Crippen molar-refractivity contribution in [1.29, 1.82) is 0 Å². The van der Waals surface area contributed by atoms with E-state index in [1.165, 1.54) is 51.4 Å². The smallest absolute Gasteiger partial charge is 0.306 e. The number of hydrogen-bond donors (Lipinski definition) is 0. The molecule has 0 amide bonds. The van der Waals surface area contributed by atoms with Crippen LogP contribution in [-0.2, 0) is 30.0 Å². The van der Waals surface area contributed by atoms with Gasteiger partial charge in [0.25, 0.3) is 0 Å². The Morgan fingerprint density at radius 3 is 2.00 bits per heavy atom. The van der Waals surface area contributed by atoms with Crippen LogP contribution in [0.1, 0.15) is 70.6 Å². The molecule has 0 spiro atoms. The third-order valence-corrected chi connectivity index (χ3v) is 4.03. The van der Waals surface area contributed by atoms with Crippen LogP contribution < -0.4 is 0 Å². The van der Waals surface area contributed by atoms with Crippen molar-refractivity contribution in [1.82, 2.24) is 0 Å². The van der Waals surface area contributed by atoms with Gasteiger partial charge in [-0.2, -0.15) is 0 Å². The molecule has 3 heteroatoms. The van der Waals surface area contributed by atoms with E-state index in [1.54, 1.807) is 0 Å². The van der Waals surface area contributed by atoms with Gasteiger partial charge in [0.1, 0.15) is 6.10 Å². The van der Waals surface area contributed by atoms with E-state index < -0.39 is 0 Å². The van der Waals surface area contributed by atoms with Gasteiger partial charge in [-0.1, -0.05) is 25.7 Å². The van der Waals surface area contributed by atoms with Crippen molar-refractivity contribution in [2.24, 2.45) is 5.92 Å². The molecule has 0 heterocycles. The van der Waals surface area contributed by atoms with E-state index in [0.717, 1.165) is 12.8 Å². The van der Waals surface area contributed by atoms with E-state index in [-0.39, 0.29) is 32.5 Å². The summed E-state index contributed by atoms with van der Waals surface area (Å²) in [6, 6.07) is 0. The molecule has 2 rings (SSSR count). The van der Waals surface area contributed by atoms with E-state index in [9.17, 15) is 4.79 Å². The molecular weight excluding hydrogens is 307 g/mol. The summed E-state index contributed by atoms with van der Waals surface area (Å²) in [6.45, 7) is 0. The Hall–Kier alpha value is 0.132. The first-order valence-corrected chi connectivity index (χ1v) is 7.04. The van der Waals surface area contributed by atoms with Crippen molar-refractivity contribution in [2.45, 2.75) is 76.7 Å². The molecule has 0 bridgehead atoms. The maximum absolute atomic E-state index is 11.8. The van der Waals surface area contributed by atoms with Gasteiger partial charge in [0.05, 0.1) is 0 Å². The predicted molar refractivity (Wildman–Crippen MR) is 64.2 cm³/mol. The van der Waals surface area contributed by atoms with Crippen molar-refractivity contribution < 1.29 is 30.0 Å². The second-order valence-corrected chi connectivity index (χ2v) is 5.46. The summed E-state index contributed by atoms with van der Waals surface area (Å²) >= 11 is 0. The average molecular weight is 331 g/mol. The fourth-order valence-electron chi connectivity index (χ4n) is 3.04. The van der Waals surface area contributed by atoms with Crippen LogP contribution in [0.3, 0.4) is 0 Å². The fraction of sp³-hybridized carbons (Fsp3) is 0.929. The van der Waals surface area contributed by atoms with Crippen molar-refractivity contribution in [3.63, 3.8) is 0 Å². The summed E-state index contributed by atoms with van der Waals surface area (Å²) < 4.78 is 5.56. The SMILES string of the molecule is O=C(CC1CCCCC1)OC1CCCCC1.[Pd]. The van der Waals surface area contributed by atoms with Gasteiger partial charge in [-0.3, -0.25) is 4.79 Å². The Labute approximate surface area is 119 Å². The van der Waals surface area contributed by atoms with Gasteiger partial charge in [0, 0.05) is 26.8 Å². The molecule has 17 heavy (non-hydrogen) atoms. The number of carbonyl (C=O) groups is 1. The van der Waals surface area contributed by atoms with Gasteiger partial charge in [0.15, 0.2) is 0 Å². The number of rotatable bonds is 3. The van der Waals surface area contributed by atoms with Gasteiger partial charge in [-0.15, -0.1) is 0 Å². The minimum absolute atomic E-state index is 0. The van der Waals surface area contributed by atoms with Crippen LogP contribution in [0.4, 0.5) is 0 Å². The molecule has 2 aliphatic rings. The molecule has 0 atom stereocenters. The van der Waals surface area contributed by atoms with Gasteiger partial charge < -0.3 is 4.74 Å². The normalized spacial score (nSPS) is 22.8. The molecule has 2 fully saturated rings. The first-order chi connectivity index (χ1) is 7.84. The van der Waals surface area contributed by atoms with Crippen LogP contribution in [0.15, 0.2) is 0 Å². The van der Waals surface area contributed by atoms with Gasteiger partial charge in [-0.25, -0.2) is 0 Å². The molecule has 0 unspecified atom stereocenters. The van der Waals surface area contributed by atoms with E-state index in [1.807, 2.05) is 0 Å². The summed E-state index contributed by atoms with van der Waals surface area (Å²) in [5.74, 6) is 0.684. The standard InChI is InChI=1S/C14H24O2.Pd/c15-14(11-12-7-3-1-4-8-12)16-13-9-5-2-6-10-13;/h12-13H,1-11H2;. The van der Waals surface area contributed by atoms with E-state index in [2.05, 4.69) is 0 Å². The Morgan fingerprint density at radius 2 is 1.41 bits per heavy atom. The summed E-state index contributed by atoms with van der Waals surface area (Å²) in [4.78, 5) is 11.8. The van der Waals surface area contributed by atoms with E-state index in [0.29, 0.717) is 12.3 Å². The van der Waals surface area contributed by atoms with Crippen LogP contribution in [0.25, 0.3) is 0 Å². The topological polar surface area (TPSA) is 26.3 Å². The predicted octanol–water partition coefficient (Wildman–Crippen LogP) is 3.83. The summed E-state index contributed by atoms with van der Waals surface area (Å²) in [6.07, 6.45) is 13.3. The number of carbonyl (C=O) groups excluding carboxylic acids is 1. The Bertz CT molecular complexity index is 196. The molecule has 102 valence electrons. The molecule has 2 nitrogen and oxygen atoms in total. The van der Waals surface area contributed by atoms with Crippen molar-refractivity contribution in [3.8, 4) is 0 Å². The van der Waals surface area contributed by atoms with Crippen molar-refractivity contribution in [2.75, 3.05) is 0 Å². The molecule has 0 aromatic rings. The number of ether oxygens (including phenoxy) is 1. The Morgan fingerprint density at radius 1 is 0.882 bits per heavy atom. The molecule has 2 aliphatic carbocycles. The van der Waals surface area contributed by atoms with Gasteiger partial charge in [-0.05, 0) is 44.4 Å². The zero-order valence-corrected chi connectivity index (χ0v) is 12.1. The molecule has 0 aromatic carbocycles. The first-order valence-electron chi connectivity index (χ1n) is 7.04. The zero-order chi connectivity index (χ0) is 11.2. The number of esters is 1. The number of hydrogen-bond acceptors (Lipinski definition) is 2. The van der Waals surface area contributed by atoms with Crippen LogP contribution in [-0.4, -0.2) is 12.1 Å². The fourth-order valence-corrected chi connectivity index (χ4v) is 3.04. The minimum Gasteiger partial charge on any atom is -0.462 e. The second-order valence-electron chi connectivity index (χ2n) is 5.46. The molecule has 0 saturated heterocycles. The molecule has 0 aromatic heterocycles. The maximum atomic E-state index is 11.8. The maximum Gasteiger partial charge on any atom is 0.306 e. The van der Waals surface area contributed by atoms with Crippen molar-refractivity contribution in [3.05, 3.63) is 0 Å². The van der Waals surface area contributed by atoms with Gasteiger partial charge >= 0.3 is 5.97 Å². The van der Waals surface area contributed by atoms with Crippen molar-refractivity contribution >= 4 is 5.97 Å². The van der Waals surface area contributed by atoms with Crippen LogP contribution in [0.5, 0.6) is 0 Å². The first kappa shape index (κ1) is 15.2. The molecule has 0 radical (unpaired) electrons. The van der Waals surface area contributed by atoms with E-state index >= 15 is 0 Å². The summed E-state index contributed by atoms with van der Waals surface area (Å²) in [5.41, 5.74) is 0. The minimum atomic E-state index is 0. The molecule has 0 aliphatic heterocycles. The van der Waals surface area contributed by atoms with Gasteiger partial charge in [0.2, 0.25) is 0 Å². The average Bonchev–Trinajstić information content (AvgIpc) is 2.31. The Balaban J connectivity index is 0.00000144. The summed E-state index contributed by atoms with van der Waals surface area (Å²) in [7, 11) is 0. The molecule has 0 N–H and O–H groups in total. The molecular formula is C14H24O2Pd.